The first-order valence-electron chi connectivity index (χ1n) is 5.26. The molecule has 1 aromatic heterocycles. The van der Waals surface area contributed by atoms with Crippen LogP contribution >= 0.6 is 0 Å². The minimum absolute atomic E-state index is 0.542. The number of hydrogen-bond acceptors (Lipinski definition) is 5. The van der Waals surface area contributed by atoms with Gasteiger partial charge in [0, 0.05) is 18.7 Å². The summed E-state index contributed by atoms with van der Waals surface area (Å²) in [7, 11) is 0. The Kier molecular flexibility index (Phi) is 2.73. The number of anilines is 2. The number of rotatable bonds is 2. The Morgan fingerprint density at radius 2 is 2.27 bits per heavy atom. The molecule has 0 radical (unpaired) electrons. The number of hydrogen-bond donors (Lipinski definition) is 2. The van der Waals surface area contributed by atoms with Gasteiger partial charge in [0.1, 0.15) is 18.0 Å². The second-order valence-electron chi connectivity index (χ2n) is 4.25. The Balaban J connectivity index is 2.21. The number of hydrazine groups is 1. The summed E-state index contributed by atoms with van der Waals surface area (Å²) in [6.45, 7) is 5.54. The van der Waals surface area contributed by atoms with E-state index in [9.17, 15) is 0 Å². The van der Waals surface area contributed by atoms with Crippen molar-refractivity contribution in [2.45, 2.75) is 26.3 Å². The molecule has 5 heteroatoms. The topological polar surface area (TPSA) is 67.1 Å². The van der Waals surface area contributed by atoms with Crippen LogP contribution in [0.4, 0.5) is 11.6 Å². The Hall–Kier alpha value is -1.36. The van der Waals surface area contributed by atoms with Gasteiger partial charge in [-0.05, 0) is 19.3 Å². The van der Waals surface area contributed by atoms with Crippen LogP contribution in [-0.4, -0.2) is 22.6 Å². The minimum atomic E-state index is 0.542. The van der Waals surface area contributed by atoms with Crippen molar-refractivity contribution in [3.05, 3.63) is 12.4 Å². The molecule has 5 nitrogen and oxygen atoms in total. The molecule has 1 aliphatic heterocycles. The Morgan fingerprint density at radius 1 is 1.47 bits per heavy atom. The first-order valence-corrected chi connectivity index (χ1v) is 5.26. The van der Waals surface area contributed by atoms with Gasteiger partial charge in [-0.1, -0.05) is 6.92 Å². The average Bonchev–Trinajstić information content (AvgIpc) is 2.58. The Morgan fingerprint density at radius 3 is 2.87 bits per heavy atom. The summed E-state index contributed by atoms with van der Waals surface area (Å²) in [5.41, 5.74) is 2.54. The van der Waals surface area contributed by atoms with Gasteiger partial charge in [-0.2, -0.15) is 0 Å². The maximum Gasteiger partial charge on any atom is 0.145 e. The molecule has 0 bridgehead atoms. The summed E-state index contributed by atoms with van der Waals surface area (Å²) < 4.78 is 0. The summed E-state index contributed by atoms with van der Waals surface area (Å²) >= 11 is 0. The van der Waals surface area contributed by atoms with E-state index in [2.05, 4.69) is 34.1 Å². The molecule has 2 rings (SSSR count). The van der Waals surface area contributed by atoms with Gasteiger partial charge < -0.3 is 10.3 Å². The molecule has 1 aliphatic rings. The number of aromatic nitrogens is 2. The van der Waals surface area contributed by atoms with Gasteiger partial charge in [0.15, 0.2) is 0 Å². The lowest BCUT2D eigenvalue weighted by Gasteiger charge is -2.22. The molecule has 2 heterocycles. The fraction of sp³-hybridized carbons (Fsp3) is 0.600. The van der Waals surface area contributed by atoms with Gasteiger partial charge in [-0.3, -0.25) is 0 Å². The van der Waals surface area contributed by atoms with Crippen LogP contribution in [0.5, 0.6) is 0 Å². The van der Waals surface area contributed by atoms with Crippen molar-refractivity contribution in [3.63, 3.8) is 0 Å². The summed E-state index contributed by atoms with van der Waals surface area (Å²) in [5.74, 6) is 7.66. The van der Waals surface area contributed by atoms with Gasteiger partial charge in [0.05, 0.1) is 0 Å². The molecule has 1 aromatic rings. The van der Waals surface area contributed by atoms with Gasteiger partial charge in [-0.25, -0.2) is 15.8 Å². The molecule has 1 saturated heterocycles. The highest BCUT2D eigenvalue weighted by molar-refractivity contribution is 5.49. The van der Waals surface area contributed by atoms with Crippen molar-refractivity contribution in [1.29, 1.82) is 0 Å². The lowest BCUT2D eigenvalue weighted by atomic mass is 10.1. The van der Waals surface area contributed by atoms with Crippen molar-refractivity contribution in [3.8, 4) is 0 Å². The van der Waals surface area contributed by atoms with E-state index in [4.69, 9.17) is 5.84 Å². The summed E-state index contributed by atoms with van der Waals surface area (Å²) in [6, 6.07) is 2.43. The Bertz CT molecular complexity index is 340. The first-order chi connectivity index (χ1) is 7.20. The lowest BCUT2D eigenvalue weighted by Crippen LogP contribution is -2.27. The van der Waals surface area contributed by atoms with E-state index < -0.39 is 0 Å². The van der Waals surface area contributed by atoms with Gasteiger partial charge >= 0.3 is 0 Å². The maximum atomic E-state index is 5.32. The average molecular weight is 207 g/mol. The molecular weight excluding hydrogens is 190 g/mol. The number of nitrogen functional groups attached to an aromatic ring is 1. The quantitative estimate of drug-likeness (QED) is 0.559. The van der Waals surface area contributed by atoms with Crippen LogP contribution in [-0.2, 0) is 0 Å². The van der Waals surface area contributed by atoms with Crippen LogP contribution < -0.4 is 16.2 Å². The molecule has 1 fully saturated rings. The van der Waals surface area contributed by atoms with Gasteiger partial charge in [-0.15, -0.1) is 0 Å². The van der Waals surface area contributed by atoms with E-state index in [0.29, 0.717) is 11.9 Å². The lowest BCUT2D eigenvalue weighted by molar-refractivity contribution is 0.625. The van der Waals surface area contributed by atoms with Gasteiger partial charge in [0.25, 0.3) is 0 Å². The van der Waals surface area contributed by atoms with E-state index in [0.717, 1.165) is 18.3 Å². The van der Waals surface area contributed by atoms with Crippen LogP contribution in [0, 0.1) is 5.92 Å². The fourth-order valence-electron chi connectivity index (χ4n) is 2.20. The number of nitrogens with zero attached hydrogens (tertiary/aromatic N) is 3. The normalized spacial score (nSPS) is 25.7. The summed E-state index contributed by atoms with van der Waals surface area (Å²) in [6.07, 6.45) is 2.76. The van der Waals surface area contributed by atoms with Crippen molar-refractivity contribution in [2.24, 2.45) is 11.8 Å². The summed E-state index contributed by atoms with van der Waals surface area (Å²) in [4.78, 5) is 10.6. The summed E-state index contributed by atoms with van der Waals surface area (Å²) in [5, 5.41) is 0. The van der Waals surface area contributed by atoms with Crippen LogP contribution in [0.15, 0.2) is 12.4 Å². The van der Waals surface area contributed by atoms with Crippen LogP contribution in [0.3, 0.4) is 0 Å². The molecule has 82 valence electrons. The second-order valence-corrected chi connectivity index (χ2v) is 4.25. The molecule has 0 amide bonds. The molecule has 0 aromatic carbocycles. The predicted octanol–water partition coefficient (Wildman–Crippen LogP) is 0.997. The van der Waals surface area contributed by atoms with E-state index in [1.165, 1.54) is 6.42 Å². The highest BCUT2D eigenvalue weighted by Crippen LogP contribution is 2.27. The van der Waals surface area contributed by atoms with E-state index in [1.54, 1.807) is 6.33 Å². The molecule has 0 aliphatic carbocycles. The minimum Gasteiger partial charge on any atom is -0.353 e. The van der Waals surface area contributed by atoms with Crippen molar-refractivity contribution >= 4 is 11.6 Å². The van der Waals surface area contributed by atoms with Crippen LogP contribution in [0.1, 0.15) is 20.3 Å². The van der Waals surface area contributed by atoms with Crippen molar-refractivity contribution in [1.82, 2.24) is 9.97 Å². The standard InChI is InChI=1S/C10H17N5/c1-7-3-8(2)15(5-7)10-4-9(14-11)12-6-13-10/h4,6-8H,3,5,11H2,1-2H3,(H,12,13,14). The molecule has 2 atom stereocenters. The number of nitrogens with two attached hydrogens (primary N) is 1. The SMILES string of the molecule is CC1CC(C)N(c2cc(NN)ncn2)C1. The van der Waals surface area contributed by atoms with Crippen LogP contribution in [0.2, 0.25) is 0 Å². The highest BCUT2D eigenvalue weighted by Gasteiger charge is 2.27. The van der Waals surface area contributed by atoms with Crippen molar-refractivity contribution in [2.75, 3.05) is 16.9 Å². The highest BCUT2D eigenvalue weighted by atomic mass is 15.3. The molecule has 15 heavy (non-hydrogen) atoms. The zero-order chi connectivity index (χ0) is 10.8. The predicted molar refractivity (Wildman–Crippen MR) is 60.4 cm³/mol. The zero-order valence-corrected chi connectivity index (χ0v) is 9.14. The third kappa shape index (κ3) is 2.02. The molecule has 3 N–H and O–H groups in total. The fourth-order valence-corrected chi connectivity index (χ4v) is 2.20. The molecule has 0 saturated carbocycles. The van der Waals surface area contributed by atoms with E-state index >= 15 is 0 Å². The zero-order valence-electron chi connectivity index (χ0n) is 9.14. The Labute approximate surface area is 89.7 Å². The number of nitrogens with one attached hydrogen (secondary N) is 1. The first kappa shape index (κ1) is 10.2. The van der Waals surface area contributed by atoms with E-state index in [-0.39, 0.29) is 0 Å². The largest absolute Gasteiger partial charge is 0.353 e. The third-order valence-corrected chi connectivity index (χ3v) is 2.88. The molecule has 2 unspecified atom stereocenters. The monoisotopic (exact) mass is 207 g/mol. The van der Waals surface area contributed by atoms with Crippen molar-refractivity contribution < 1.29 is 0 Å². The van der Waals surface area contributed by atoms with Gasteiger partial charge in [0.2, 0.25) is 0 Å². The van der Waals surface area contributed by atoms with Crippen LogP contribution in [0.25, 0.3) is 0 Å². The molecule has 0 spiro atoms. The second kappa shape index (κ2) is 4.02. The maximum absolute atomic E-state index is 5.32. The smallest absolute Gasteiger partial charge is 0.145 e. The third-order valence-electron chi connectivity index (χ3n) is 2.88. The molecular formula is C10H17N5. The van der Waals surface area contributed by atoms with E-state index in [1.807, 2.05) is 6.07 Å².